The van der Waals surface area contributed by atoms with E-state index in [0.29, 0.717) is 27.7 Å². The van der Waals surface area contributed by atoms with Gasteiger partial charge in [-0.15, -0.1) is 0 Å². The summed E-state index contributed by atoms with van der Waals surface area (Å²) in [7, 11) is -3.93. The minimum atomic E-state index is -3.93. The van der Waals surface area contributed by atoms with Gasteiger partial charge in [-0.25, -0.2) is 13.2 Å². The Labute approximate surface area is 170 Å². The Morgan fingerprint density at radius 3 is 2.60 bits per heavy atom. The van der Waals surface area contributed by atoms with Crippen molar-refractivity contribution < 1.29 is 17.9 Å². The van der Waals surface area contributed by atoms with Crippen molar-refractivity contribution in [2.24, 2.45) is 0 Å². The molecule has 0 spiro atoms. The fourth-order valence-corrected chi connectivity index (χ4v) is 4.29. The van der Waals surface area contributed by atoms with Crippen LogP contribution in [-0.4, -0.2) is 31.0 Å². The van der Waals surface area contributed by atoms with Crippen LogP contribution >= 0.6 is 0 Å². The molecule has 4 rings (SSSR count). The minimum absolute atomic E-state index is 0.0313. The zero-order valence-electron chi connectivity index (χ0n) is 15.9. The van der Waals surface area contributed by atoms with Crippen molar-refractivity contribution in [2.75, 3.05) is 17.1 Å². The molecule has 5 N–H and O–H groups in total. The van der Waals surface area contributed by atoms with Gasteiger partial charge in [0.15, 0.2) is 0 Å². The Morgan fingerprint density at radius 2 is 1.90 bits per heavy atom. The van der Waals surface area contributed by atoms with Crippen LogP contribution in [0.25, 0.3) is 21.8 Å². The minimum Gasteiger partial charge on any atom is -0.462 e. The number of fused-ring (bicyclic) bond motifs is 3. The maximum Gasteiger partial charge on any atom is 0.340 e. The zero-order chi connectivity index (χ0) is 21.5. The van der Waals surface area contributed by atoms with Crippen LogP contribution < -0.4 is 16.0 Å². The van der Waals surface area contributed by atoms with Crippen molar-refractivity contribution in [3.05, 3.63) is 64.6 Å². The Kier molecular flexibility index (Phi) is 4.70. The molecule has 10 heteroatoms. The molecular formula is C20H18N4O5S. The third-order valence-electron chi connectivity index (χ3n) is 4.58. The lowest BCUT2D eigenvalue weighted by Crippen LogP contribution is -2.13. The first kappa shape index (κ1) is 19.5. The van der Waals surface area contributed by atoms with E-state index in [9.17, 15) is 18.0 Å². The molecule has 2 aromatic heterocycles. The molecule has 2 heterocycles. The van der Waals surface area contributed by atoms with Crippen LogP contribution in [0.2, 0.25) is 0 Å². The number of nitrogens with one attached hydrogen (secondary N) is 3. The van der Waals surface area contributed by atoms with E-state index in [-0.39, 0.29) is 22.6 Å². The molecule has 0 fully saturated rings. The predicted octanol–water partition coefficient (Wildman–Crippen LogP) is 2.57. The van der Waals surface area contributed by atoms with E-state index in [0.717, 1.165) is 0 Å². The molecule has 154 valence electrons. The number of H-pyrrole nitrogens is 2. The molecule has 0 amide bonds. The maximum atomic E-state index is 12.9. The molecule has 0 radical (unpaired) electrons. The van der Waals surface area contributed by atoms with E-state index < -0.39 is 21.6 Å². The first-order chi connectivity index (χ1) is 14.3. The first-order valence-electron chi connectivity index (χ1n) is 9.03. The van der Waals surface area contributed by atoms with Gasteiger partial charge in [-0.1, -0.05) is 0 Å². The lowest BCUT2D eigenvalue weighted by atomic mass is 10.1. The summed E-state index contributed by atoms with van der Waals surface area (Å²) < 4.78 is 33.3. The molecule has 4 aromatic rings. The number of benzene rings is 2. The molecule has 0 unspecified atom stereocenters. The van der Waals surface area contributed by atoms with E-state index in [1.807, 2.05) is 0 Å². The van der Waals surface area contributed by atoms with Gasteiger partial charge in [0.2, 0.25) is 0 Å². The fraction of sp³-hybridized carbons (Fsp3) is 0.100. The Balaban J connectivity index is 1.88. The number of ether oxygens (including phenoxy) is 1. The summed E-state index contributed by atoms with van der Waals surface area (Å²) in [5.41, 5.74) is 6.77. The van der Waals surface area contributed by atoms with Gasteiger partial charge in [-0.2, -0.15) is 0 Å². The third-order valence-corrected chi connectivity index (χ3v) is 5.96. The van der Waals surface area contributed by atoms with Crippen LogP contribution in [0, 0.1) is 0 Å². The van der Waals surface area contributed by atoms with Gasteiger partial charge >= 0.3 is 5.97 Å². The SMILES string of the molecule is CCOC(=O)c1c[nH]c2c(=O)[nH]c3ccc(S(=O)(=O)Nc4ccc(N)cc4)cc3c12. The molecule has 0 saturated carbocycles. The molecular weight excluding hydrogens is 408 g/mol. The van der Waals surface area contributed by atoms with E-state index >= 15 is 0 Å². The number of nitrogens with two attached hydrogens (primary N) is 1. The van der Waals surface area contributed by atoms with Crippen molar-refractivity contribution in [1.29, 1.82) is 0 Å². The first-order valence-corrected chi connectivity index (χ1v) is 10.5. The summed E-state index contributed by atoms with van der Waals surface area (Å²) in [6, 6.07) is 10.5. The van der Waals surface area contributed by atoms with Crippen molar-refractivity contribution in [3.63, 3.8) is 0 Å². The van der Waals surface area contributed by atoms with E-state index in [1.165, 1.54) is 24.4 Å². The van der Waals surface area contributed by atoms with Crippen molar-refractivity contribution in [2.45, 2.75) is 11.8 Å². The molecule has 30 heavy (non-hydrogen) atoms. The number of esters is 1. The highest BCUT2D eigenvalue weighted by atomic mass is 32.2. The normalized spacial score (nSPS) is 11.6. The van der Waals surface area contributed by atoms with Gasteiger partial charge in [-0.05, 0) is 49.4 Å². The summed E-state index contributed by atoms with van der Waals surface area (Å²) in [5.74, 6) is -0.607. The zero-order valence-corrected chi connectivity index (χ0v) is 16.7. The predicted molar refractivity (Wildman–Crippen MR) is 114 cm³/mol. The molecule has 0 bridgehead atoms. The third kappa shape index (κ3) is 3.37. The van der Waals surface area contributed by atoms with Crippen LogP contribution in [0.4, 0.5) is 11.4 Å². The topological polar surface area (TPSA) is 147 Å². The number of anilines is 2. The van der Waals surface area contributed by atoms with Crippen LogP contribution in [0.5, 0.6) is 0 Å². The number of nitrogen functional groups attached to an aromatic ring is 1. The molecule has 9 nitrogen and oxygen atoms in total. The van der Waals surface area contributed by atoms with Crippen molar-refractivity contribution >= 4 is 49.2 Å². The molecule has 0 aliphatic heterocycles. The van der Waals surface area contributed by atoms with Crippen molar-refractivity contribution in [1.82, 2.24) is 9.97 Å². The Hall–Kier alpha value is -3.79. The highest BCUT2D eigenvalue weighted by Gasteiger charge is 2.21. The number of aromatic nitrogens is 2. The van der Waals surface area contributed by atoms with E-state index in [4.69, 9.17) is 10.5 Å². The lowest BCUT2D eigenvalue weighted by Gasteiger charge is -2.10. The number of hydrogen-bond donors (Lipinski definition) is 4. The average Bonchev–Trinajstić information content (AvgIpc) is 3.16. The molecule has 0 atom stereocenters. The average molecular weight is 426 g/mol. The summed E-state index contributed by atoms with van der Waals surface area (Å²) in [5, 5.41) is 0.700. The second-order valence-electron chi connectivity index (χ2n) is 6.56. The van der Waals surface area contributed by atoms with Crippen LogP contribution in [-0.2, 0) is 14.8 Å². The van der Waals surface area contributed by atoms with Gasteiger partial charge in [0.1, 0.15) is 5.52 Å². The van der Waals surface area contributed by atoms with Gasteiger partial charge < -0.3 is 20.4 Å². The van der Waals surface area contributed by atoms with E-state index in [1.54, 1.807) is 31.2 Å². The van der Waals surface area contributed by atoms with Crippen LogP contribution in [0.15, 0.2) is 58.4 Å². The molecule has 2 aromatic carbocycles. The van der Waals surface area contributed by atoms with Gasteiger partial charge in [0, 0.05) is 33.9 Å². The summed E-state index contributed by atoms with van der Waals surface area (Å²) >= 11 is 0. The quantitative estimate of drug-likeness (QED) is 0.285. The monoisotopic (exact) mass is 426 g/mol. The van der Waals surface area contributed by atoms with Crippen LogP contribution in [0.1, 0.15) is 17.3 Å². The highest BCUT2D eigenvalue weighted by molar-refractivity contribution is 7.92. The number of carbonyl (C=O) groups excluding carboxylic acids is 1. The largest absolute Gasteiger partial charge is 0.462 e. The highest BCUT2D eigenvalue weighted by Crippen LogP contribution is 2.28. The number of sulfonamides is 1. The summed E-state index contributed by atoms with van der Waals surface area (Å²) in [4.78, 5) is 30.1. The number of aromatic amines is 2. The van der Waals surface area contributed by atoms with Gasteiger partial charge in [0.25, 0.3) is 15.6 Å². The van der Waals surface area contributed by atoms with Crippen LogP contribution in [0.3, 0.4) is 0 Å². The Morgan fingerprint density at radius 1 is 1.17 bits per heavy atom. The van der Waals surface area contributed by atoms with Gasteiger partial charge in [0.05, 0.1) is 17.1 Å². The van der Waals surface area contributed by atoms with Crippen molar-refractivity contribution in [3.8, 4) is 0 Å². The summed E-state index contributed by atoms with van der Waals surface area (Å²) in [6.45, 7) is 1.84. The van der Waals surface area contributed by atoms with E-state index in [2.05, 4.69) is 14.7 Å². The summed E-state index contributed by atoms with van der Waals surface area (Å²) in [6.07, 6.45) is 1.38. The second-order valence-corrected chi connectivity index (χ2v) is 8.24. The smallest absolute Gasteiger partial charge is 0.340 e. The number of rotatable bonds is 5. The molecule has 0 aliphatic rings. The number of pyridine rings is 1. The Bertz CT molecular complexity index is 1440. The lowest BCUT2D eigenvalue weighted by molar-refractivity contribution is 0.0529. The maximum absolute atomic E-state index is 12.9. The molecule has 0 aliphatic carbocycles. The number of hydrogen-bond acceptors (Lipinski definition) is 6. The number of carbonyl (C=O) groups is 1. The molecule has 0 saturated heterocycles. The second kappa shape index (κ2) is 7.23. The standard InChI is InChI=1S/C20H18N4O5S/c1-2-29-20(26)15-10-22-18-17(15)14-9-13(7-8-16(14)23-19(18)25)30(27,28)24-12-5-3-11(21)4-6-12/h3-10,22,24H,2,21H2,1H3,(H,23,25). The van der Waals surface area contributed by atoms with Gasteiger partial charge in [-0.3, -0.25) is 9.52 Å². The fourth-order valence-electron chi connectivity index (χ4n) is 3.21.